The molecule has 0 spiro atoms. The molecule has 3 nitrogen and oxygen atoms in total. The number of methoxy groups -OCH3 is 1. The van der Waals surface area contributed by atoms with Gasteiger partial charge in [0.05, 0.1) is 6.61 Å². The molecule has 0 unspecified atom stereocenters. The van der Waals surface area contributed by atoms with Crippen molar-refractivity contribution in [3.8, 4) is 0 Å². The fourth-order valence-electron chi connectivity index (χ4n) is 2.47. The van der Waals surface area contributed by atoms with E-state index in [9.17, 15) is 0 Å². The smallest absolute Gasteiger partial charge is 0.0639 e. The van der Waals surface area contributed by atoms with Crippen molar-refractivity contribution >= 4 is 5.69 Å². The first-order valence-electron chi connectivity index (χ1n) is 6.71. The van der Waals surface area contributed by atoms with E-state index in [4.69, 9.17) is 4.74 Å². The van der Waals surface area contributed by atoms with Crippen molar-refractivity contribution in [2.45, 2.75) is 38.8 Å². The Morgan fingerprint density at radius 2 is 2.22 bits per heavy atom. The Hall–Kier alpha value is -1.06. The van der Waals surface area contributed by atoms with Crippen LogP contribution in [-0.4, -0.2) is 25.8 Å². The normalized spacial score (nSPS) is 15.1. The predicted molar refractivity (Wildman–Crippen MR) is 76.0 cm³/mol. The van der Waals surface area contributed by atoms with Crippen molar-refractivity contribution in [2.75, 3.05) is 25.6 Å². The number of aryl methyl sites for hydroxylation is 1. The molecular weight excluding hydrogens is 224 g/mol. The predicted octanol–water partition coefficient (Wildman–Crippen LogP) is 2.56. The van der Waals surface area contributed by atoms with Gasteiger partial charge in [-0.2, -0.15) is 0 Å². The van der Waals surface area contributed by atoms with Crippen molar-refractivity contribution < 1.29 is 4.74 Å². The Labute approximate surface area is 110 Å². The maximum absolute atomic E-state index is 5.23. The molecule has 100 valence electrons. The van der Waals surface area contributed by atoms with Gasteiger partial charge in [0.1, 0.15) is 0 Å². The lowest BCUT2D eigenvalue weighted by Crippen LogP contribution is -2.42. The summed E-state index contributed by atoms with van der Waals surface area (Å²) in [7, 11) is 1.75. The fraction of sp³-hybridized carbons (Fsp3) is 0.600. The molecule has 0 atom stereocenters. The number of hydrogen-bond donors (Lipinski definition) is 2. The number of ether oxygens (including phenoxy) is 1. The molecule has 0 fully saturated rings. The van der Waals surface area contributed by atoms with Gasteiger partial charge < -0.3 is 15.4 Å². The minimum absolute atomic E-state index is 0.00609. The second-order valence-corrected chi connectivity index (χ2v) is 5.65. The third-order valence-electron chi connectivity index (χ3n) is 3.42. The molecule has 0 radical (unpaired) electrons. The standard InChI is InChI=1S/C15H24N2O/c1-15(2,11-18-3)17-10-13-7-4-6-12-8-5-9-16-14(12)13/h4,6-7,16-17H,5,8-11H2,1-3H3. The second kappa shape index (κ2) is 5.72. The summed E-state index contributed by atoms with van der Waals surface area (Å²) in [6.07, 6.45) is 2.43. The van der Waals surface area contributed by atoms with Crippen LogP contribution in [0.1, 0.15) is 31.4 Å². The molecule has 0 saturated heterocycles. The van der Waals surface area contributed by atoms with Crippen molar-refractivity contribution in [2.24, 2.45) is 0 Å². The summed E-state index contributed by atoms with van der Waals surface area (Å²) >= 11 is 0. The molecule has 3 heteroatoms. The van der Waals surface area contributed by atoms with Crippen LogP contribution in [-0.2, 0) is 17.7 Å². The van der Waals surface area contributed by atoms with Crippen molar-refractivity contribution in [1.29, 1.82) is 0 Å². The van der Waals surface area contributed by atoms with E-state index in [0.29, 0.717) is 0 Å². The Morgan fingerprint density at radius 1 is 1.39 bits per heavy atom. The molecule has 18 heavy (non-hydrogen) atoms. The first-order valence-corrected chi connectivity index (χ1v) is 6.71. The Kier molecular flexibility index (Phi) is 4.25. The van der Waals surface area contributed by atoms with E-state index >= 15 is 0 Å². The van der Waals surface area contributed by atoms with Gasteiger partial charge in [0.15, 0.2) is 0 Å². The van der Waals surface area contributed by atoms with Crippen LogP contribution < -0.4 is 10.6 Å². The number of rotatable bonds is 5. The maximum Gasteiger partial charge on any atom is 0.0639 e. The molecule has 2 N–H and O–H groups in total. The molecule has 0 bridgehead atoms. The zero-order valence-corrected chi connectivity index (χ0v) is 11.7. The van der Waals surface area contributed by atoms with Crippen molar-refractivity contribution in [3.63, 3.8) is 0 Å². The fourth-order valence-corrected chi connectivity index (χ4v) is 2.47. The second-order valence-electron chi connectivity index (χ2n) is 5.65. The molecule has 1 aromatic carbocycles. The quantitative estimate of drug-likeness (QED) is 0.840. The number of anilines is 1. The molecule has 1 heterocycles. The average Bonchev–Trinajstić information content (AvgIpc) is 2.36. The minimum Gasteiger partial charge on any atom is -0.385 e. The van der Waals surface area contributed by atoms with Gasteiger partial charge in [-0.05, 0) is 37.8 Å². The third kappa shape index (κ3) is 3.24. The van der Waals surface area contributed by atoms with Crippen molar-refractivity contribution in [3.05, 3.63) is 29.3 Å². The van der Waals surface area contributed by atoms with E-state index < -0.39 is 0 Å². The molecule has 1 aromatic rings. The van der Waals surface area contributed by atoms with Crippen LogP contribution in [0.15, 0.2) is 18.2 Å². The summed E-state index contributed by atoms with van der Waals surface area (Å²) in [5.41, 5.74) is 4.15. The zero-order chi connectivity index (χ0) is 13.0. The summed E-state index contributed by atoms with van der Waals surface area (Å²) in [6, 6.07) is 6.59. The van der Waals surface area contributed by atoms with Gasteiger partial charge in [-0.15, -0.1) is 0 Å². The van der Waals surface area contributed by atoms with Crippen LogP contribution in [0.4, 0.5) is 5.69 Å². The van der Waals surface area contributed by atoms with E-state index in [0.717, 1.165) is 19.7 Å². The molecule has 2 rings (SSSR count). The molecule has 1 aliphatic heterocycles. The van der Waals surface area contributed by atoms with Crippen LogP contribution in [0, 0.1) is 0 Å². The highest BCUT2D eigenvalue weighted by atomic mass is 16.5. The van der Waals surface area contributed by atoms with Gasteiger partial charge >= 0.3 is 0 Å². The number of nitrogens with one attached hydrogen (secondary N) is 2. The van der Waals surface area contributed by atoms with Crippen LogP contribution >= 0.6 is 0 Å². The monoisotopic (exact) mass is 248 g/mol. The average molecular weight is 248 g/mol. The highest BCUT2D eigenvalue weighted by molar-refractivity contribution is 5.59. The number of para-hydroxylation sites is 1. The molecule has 0 aromatic heterocycles. The number of fused-ring (bicyclic) bond motifs is 1. The Balaban J connectivity index is 2.05. The van der Waals surface area contributed by atoms with Gasteiger partial charge in [-0.25, -0.2) is 0 Å². The van der Waals surface area contributed by atoms with Gasteiger partial charge in [0.2, 0.25) is 0 Å². The summed E-state index contributed by atoms with van der Waals surface area (Å²) < 4.78 is 5.23. The van der Waals surface area contributed by atoms with Gasteiger partial charge in [0, 0.05) is 31.4 Å². The molecule has 0 saturated carbocycles. The summed E-state index contributed by atoms with van der Waals surface area (Å²) in [5.74, 6) is 0. The molecule has 0 amide bonds. The summed E-state index contributed by atoms with van der Waals surface area (Å²) in [4.78, 5) is 0. The first-order chi connectivity index (χ1) is 8.62. The zero-order valence-electron chi connectivity index (χ0n) is 11.7. The van der Waals surface area contributed by atoms with Crippen LogP contribution in [0.25, 0.3) is 0 Å². The highest BCUT2D eigenvalue weighted by Crippen LogP contribution is 2.26. The van der Waals surface area contributed by atoms with E-state index in [-0.39, 0.29) is 5.54 Å². The van der Waals surface area contributed by atoms with E-state index in [1.165, 1.54) is 29.7 Å². The lowest BCUT2D eigenvalue weighted by Gasteiger charge is -2.27. The van der Waals surface area contributed by atoms with E-state index in [1.54, 1.807) is 7.11 Å². The topological polar surface area (TPSA) is 33.3 Å². The SMILES string of the molecule is COCC(C)(C)NCc1cccc2c1NCCC2. The number of hydrogen-bond acceptors (Lipinski definition) is 3. The van der Waals surface area contributed by atoms with Gasteiger partial charge in [-0.3, -0.25) is 0 Å². The summed E-state index contributed by atoms with van der Waals surface area (Å²) in [6.45, 7) is 7.02. The highest BCUT2D eigenvalue weighted by Gasteiger charge is 2.18. The maximum atomic E-state index is 5.23. The lowest BCUT2D eigenvalue weighted by atomic mass is 9.98. The third-order valence-corrected chi connectivity index (χ3v) is 3.42. The molecule has 1 aliphatic rings. The molecule has 0 aliphatic carbocycles. The van der Waals surface area contributed by atoms with Crippen LogP contribution in [0.2, 0.25) is 0 Å². The Morgan fingerprint density at radius 3 is 3.00 bits per heavy atom. The van der Waals surface area contributed by atoms with Gasteiger partial charge in [-0.1, -0.05) is 18.2 Å². The van der Waals surface area contributed by atoms with E-state index in [2.05, 4.69) is 42.7 Å². The largest absolute Gasteiger partial charge is 0.385 e. The molecular formula is C15H24N2O. The number of benzene rings is 1. The van der Waals surface area contributed by atoms with Crippen molar-refractivity contribution in [1.82, 2.24) is 5.32 Å². The Bertz CT molecular complexity index is 401. The minimum atomic E-state index is 0.00609. The lowest BCUT2D eigenvalue weighted by molar-refractivity contribution is 0.128. The van der Waals surface area contributed by atoms with Crippen LogP contribution in [0.5, 0.6) is 0 Å². The van der Waals surface area contributed by atoms with E-state index in [1.807, 2.05) is 0 Å². The summed E-state index contributed by atoms with van der Waals surface area (Å²) in [5, 5.41) is 7.09. The van der Waals surface area contributed by atoms with Crippen LogP contribution in [0.3, 0.4) is 0 Å². The first kappa shape index (κ1) is 13.4. The van der Waals surface area contributed by atoms with Gasteiger partial charge in [0.25, 0.3) is 0 Å².